The molecule has 3 fully saturated rings. The molecule has 5 nitrogen and oxygen atoms in total. The molecule has 5 rings (SSSR count). The molecule has 2 unspecified atom stereocenters. The van der Waals surface area contributed by atoms with E-state index in [4.69, 9.17) is 0 Å². The molecule has 2 bridgehead atoms. The zero-order valence-electron chi connectivity index (χ0n) is 15.6. The number of carbonyl (C=O) groups excluding carboxylic acids is 1. The zero-order chi connectivity index (χ0) is 18.8. The van der Waals surface area contributed by atoms with E-state index < -0.39 is 0 Å². The van der Waals surface area contributed by atoms with Crippen LogP contribution in [0, 0.1) is 11.7 Å². The first-order chi connectivity index (χ1) is 13.1. The van der Waals surface area contributed by atoms with E-state index in [2.05, 4.69) is 14.9 Å². The van der Waals surface area contributed by atoms with Crippen molar-refractivity contribution in [3.05, 3.63) is 59.4 Å². The lowest BCUT2D eigenvalue weighted by molar-refractivity contribution is 0.0584. The van der Waals surface area contributed by atoms with E-state index >= 15 is 0 Å². The Labute approximate surface area is 159 Å². The highest BCUT2D eigenvalue weighted by Crippen LogP contribution is 2.30. The Morgan fingerprint density at radius 1 is 1.11 bits per heavy atom. The molecular formula is C21H25FN4O. The summed E-state index contributed by atoms with van der Waals surface area (Å²) in [5.74, 6) is 1.07. The second-order valence-electron chi connectivity index (χ2n) is 7.62. The summed E-state index contributed by atoms with van der Waals surface area (Å²) >= 11 is 0. The van der Waals surface area contributed by atoms with E-state index in [9.17, 15) is 9.18 Å². The number of benzene rings is 1. The molecule has 6 heteroatoms. The quantitative estimate of drug-likeness (QED) is 0.833. The molecule has 0 spiro atoms. The second kappa shape index (κ2) is 7.72. The Balaban J connectivity index is 1.47. The van der Waals surface area contributed by atoms with Gasteiger partial charge in [0.25, 0.3) is 5.91 Å². The first-order valence-corrected chi connectivity index (χ1v) is 9.71. The van der Waals surface area contributed by atoms with Gasteiger partial charge in [0.15, 0.2) is 0 Å². The van der Waals surface area contributed by atoms with Gasteiger partial charge >= 0.3 is 0 Å². The van der Waals surface area contributed by atoms with Crippen molar-refractivity contribution in [1.82, 2.24) is 19.8 Å². The fourth-order valence-corrected chi connectivity index (χ4v) is 4.22. The van der Waals surface area contributed by atoms with Gasteiger partial charge in [-0.3, -0.25) is 9.69 Å². The van der Waals surface area contributed by atoms with Gasteiger partial charge in [0.1, 0.15) is 11.6 Å². The van der Waals surface area contributed by atoms with Crippen molar-refractivity contribution in [2.45, 2.75) is 38.8 Å². The number of nitrogens with zero attached hydrogens (tertiary/aromatic N) is 4. The van der Waals surface area contributed by atoms with Crippen molar-refractivity contribution in [2.75, 3.05) is 19.6 Å². The number of hydrogen-bond donors (Lipinski definition) is 0. The Morgan fingerprint density at radius 3 is 2.56 bits per heavy atom. The van der Waals surface area contributed by atoms with Crippen molar-refractivity contribution in [3.63, 3.8) is 0 Å². The summed E-state index contributed by atoms with van der Waals surface area (Å²) in [7, 11) is 0. The maximum atomic E-state index is 13.1. The average molecular weight is 368 g/mol. The van der Waals surface area contributed by atoms with Crippen molar-refractivity contribution < 1.29 is 9.18 Å². The van der Waals surface area contributed by atoms with E-state index in [0.717, 1.165) is 56.8 Å². The Bertz CT molecular complexity index is 793. The van der Waals surface area contributed by atoms with E-state index in [1.54, 1.807) is 12.4 Å². The first-order valence-electron chi connectivity index (χ1n) is 9.71. The molecule has 142 valence electrons. The fraction of sp³-hybridized carbons (Fsp3) is 0.476. The van der Waals surface area contributed by atoms with Crippen LogP contribution in [-0.4, -0.2) is 51.4 Å². The number of piperidine rings is 1. The highest BCUT2D eigenvalue weighted by molar-refractivity contribution is 5.94. The van der Waals surface area contributed by atoms with Crippen LogP contribution in [0.25, 0.3) is 0 Å². The summed E-state index contributed by atoms with van der Waals surface area (Å²) in [5.41, 5.74) is 1.68. The molecule has 3 aliphatic rings. The minimum atomic E-state index is -0.206. The van der Waals surface area contributed by atoms with Gasteiger partial charge in [-0.05, 0) is 36.5 Å². The Hall–Kier alpha value is -2.34. The molecule has 0 aliphatic carbocycles. The molecule has 0 saturated carbocycles. The van der Waals surface area contributed by atoms with Gasteiger partial charge in [0.05, 0.1) is 5.56 Å². The number of aryl methyl sites for hydroxylation is 1. The highest BCUT2D eigenvalue weighted by atomic mass is 19.1. The molecule has 1 aromatic heterocycles. The number of halogens is 1. The molecule has 3 saturated heterocycles. The van der Waals surface area contributed by atoms with Crippen LogP contribution in [0.15, 0.2) is 36.7 Å². The summed E-state index contributed by atoms with van der Waals surface area (Å²) < 4.78 is 13.1. The molecule has 1 aromatic carbocycles. The van der Waals surface area contributed by atoms with E-state index in [0.29, 0.717) is 11.5 Å². The second-order valence-corrected chi connectivity index (χ2v) is 7.62. The SMILES string of the molecule is CCc1ncc(C(=O)N2CC3CCC2CN(Cc2ccc(F)cc2)C3)cn1. The van der Waals surface area contributed by atoms with Crippen molar-refractivity contribution in [3.8, 4) is 0 Å². The molecule has 27 heavy (non-hydrogen) atoms. The first kappa shape index (κ1) is 18.0. The van der Waals surface area contributed by atoms with Crippen LogP contribution >= 0.6 is 0 Å². The largest absolute Gasteiger partial charge is 0.334 e. The van der Waals surface area contributed by atoms with Crippen molar-refractivity contribution >= 4 is 5.91 Å². The number of rotatable bonds is 4. The van der Waals surface area contributed by atoms with Gasteiger partial charge in [0, 0.05) is 51.0 Å². The summed E-state index contributed by atoms with van der Waals surface area (Å²) in [5, 5.41) is 0. The topological polar surface area (TPSA) is 49.3 Å². The molecule has 3 aliphatic heterocycles. The maximum absolute atomic E-state index is 13.1. The number of fused-ring (bicyclic) bond motifs is 4. The lowest BCUT2D eigenvalue weighted by Crippen LogP contribution is -2.47. The number of aromatic nitrogens is 2. The summed E-state index contributed by atoms with van der Waals surface area (Å²) in [4.78, 5) is 26.0. The lowest BCUT2D eigenvalue weighted by Gasteiger charge is -2.36. The molecule has 2 aromatic rings. The van der Waals surface area contributed by atoms with E-state index in [-0.39, 0.29) is 17.8 Å². The van der Waals surface area contributed by atoms with Gasteiger partial charge in [0.2, 0.25) is 0 Å². The predicted octanol–water partition coefficient (Wildman–Crippen LogP) is 2.91. The molecule has 0 N–H and O–H groups in total. The predicted molar refractivity (Wildman–Crippen MR) is 101 cm³/mol. The minimum Gasteiger partial charge on any atom is -0.334 e. The summed E-state index contributed by atoms with van der Waals surface area (Å²) in [6, 6.07) is 6.92. The minimum absolute atomic E-state index is 0.0379. The Kier molecular flexibility index (Phi) is 5.16. The third-order valence-electron chi connectivity index (χ3n) is 5.64. The highest BCUT2D eigenvalue weighted by Gasteiger charge is 2.37. The molecule has 1 amide bonds. The standard InChI is InChI=1S/C21H25FN4O/c1-2-20-23-9-17(10-24-20)21(27)26-13-16-5-8-19(26)14-25(12-16)11-15-3-6-18(22)7-4-15/h3-4,6-7,9-10,16,19H,2,5,8,11-14H2,1H3. The number of carbonyl (C=O) groups is 1. The van der Waals surface area contributed by atoms with Crippen LogP contribution in [0.3, 0.4) is 0 Å². The monoisotopic (exact) mass is 368 g/mol. The van der Waals surface area contributed by atoms with Crippen LogP contribution in [0.5, 0.6) is 0 Å². The third-order valence-corrected chi connectivity index (χ3v) is 5.64. The third kappa shape index (κ3) is 4.00. The van der Waals surface area contributed by atoms with Crippen LogP contribution in [0.2, 0.25) is 0 Å². The van der Waals surface area contributed by atoms with Crippen LogP contribution in [-0.2, 0) is 13.0 Å². The molecule has 0 radical (unpaired) electrons. The zero-order valence-corrected chi connectivity index (χ0v) is 15.6. The van der Waals surface area contributed by atoms with Gasteiger partial charge in [-0.25, -0.2) is 14.4 Å². The van der Waals surface area contributed by atoms with Gasteiger partial charge in [-0.1, -0.05) is 19.1 Å². The van der Waals surface area contributed by atoms with E-state index in [1.807, 2.05) is 24.0 Å². The van der Waals surface area contributed by atoms with Crippen LogP contribution < -0.4 is 0 Å². The van der Waals surface area contributed by atoms with Crippen LogP contribution in [0.1, 0.15) is 41.5 Å². The smallest absolute Gasteiger partial charge is 0.257 e. The molecule has 4 heterocycles. The van der Waals surface area contributed by atoms with Crippen molar-refractivity contribution in [2.24, 2.45) is 5.92 Å². The summed E-state index contributed by atoms with van der Waals surface area (Å²) in [6.07, 6.45) is 6.26. The normalized spacial score (nSPS) is 22.7. The van der Waals surface area contributed by atoms with E-state index in [1.165, 1.54) is 12.1 Å². The number of amides is 1. The van der Waals surface area contributed by atoms with Gasteiger partial charge in [-0.2, -0.15) is 0 Å². The Morgan fingerprint density at radius 2 is 1.85 bits per heavy atom. The number of hydrogen-bond acceptors (Lipinski definition) is 4. The van der Waals surface area contributed by atoms with Gasteiger partial charge in [-0.15, -0.1) is 0 Å². The van der Waals surface area contributed by atoms with Crippen LogP contribution in [0.4, 0.5) is 4.39 Å². The van der Waals surface area contributed by atoms with Gasteiger partial charge < -0.3 is 4.90 Å². The average Bonchev–Trinajstić information content (AvgIpc) is 3.00. The fourth-order valence-electron chi connectivity index (χ4n) is 4.22. The molecule has 2 atom stereocenters. The summed E-state index contributed by atoms with van der Waals surface area (Å²) in [6.45, 7) is 5.42. The lowest BCUT2D eigenvalue weighted by atomic mass is 9.94. The molecular weight excluding hydrogens is 343 g/mol. The maximum Gasteiger partial charge on any atom is 0.257 e. The van der Waals surface area contributed by atoms with Crippen molar-refractivity contribution in [1.29, 1.82) is 0 Å².